The summed E-state index contributed by atoms with van der Waals surface area (Å²) < 4.78 is 25.1. The van der Waals surface area contributed by atoms with Gasteiger partial charge in [-0.2, -0.15) is 0 Å². The number of rotatable bonds is 6. The van der Waals surface area contributed by atoms with E-state index < -0.39 is 29.6 Å². The number of carbonyl (C=O) groups is 3. The van der Waals surface area contributed by atoms with Gasteiger partial charge in [-0.05, 0) is 49.2 Å². The van der Waals surface area contributed by atoms with Crippen LogP contribution in [0.2, 0.25) is 0 Å². The number of benzene rings is 2. The first kappa shape index (κ1) is 21.0. The molecule has 7 nitrogen and oxygen atoms in total. The Morgan fingerprint density at radius 2 is 1.94 bits per heavy atom. The van der Waals surface area contributed by atoms with Crippen LogP contribution >= 0.6 is 0 Å². The Morgan fingerprint density at radius 1 is 1.19 bits per heavy atom. The molecule has 0 spiro atoms. The van der Waals surface area contributed by atoms with Gasteiger partial charge in [0.2, 0.25) is 5.91 Å². The van der Waals surface area contributed by atoms with Crippen LogP contribution in [0.25, 0.3) is 0 Å². The molecule has 0 bridgehead atoms. The number of imide groups is 1. The molecule has 162 valence electrons. The topological polar surface area (TPSA) is 76.2 Å². The van der Waals surface area contributed by atoms with Gasteiger partial charge in [-0.3, -0.25) is 14.4 Å². The fraction of sp³-hybridized carbons (Fsp3) is 0.348. The molecular weight excluding hydrogens is 403 g/mol. The lowest BCUT2D eigenvalue weighted by atomic mass is 10.1. The Hall–Kier alpha value is -3.26. The molecular formula is C23H23FN2O5. The van der Waals surface area contributed by atoms with Gasteiger partial charge in [0.25, 0.3) is 11.8 Å². The largest absolute Gasteiger partial charge is 0.497 e. The maximum Gasteiger partial charge on any atom is 0.257 e. The predicted octanol–water partition coefficient (Wildman–Crippen LogP) is 2.79. The summed E-state index contributed by atoms with van der Waals surface area (Å²) in [6.07, 6.45) is 1.16. The highest BCUT2D eigenvalue weighted by Gasteiger charge is 2.45. The predicted molar refractivity (Wildman–Crippen MR) is 110 cm³/mol. The van der Waals surface area contributed by atoms with Gasteiger partial charge in [-0.15, -0.1) is 0 Å². The first-order valence-corrected chi connectivity index (χ1v) is 10.2. The summed E-state index contributed by atoms with van der Waals surface area (Å²) in [6.45, 7) is 0.690. The van der Waals surface area contributed by atoms with Crippen molar-refractivity contribution in [2.24, 2.45) is 0 Å². The number of ether oxygens (including phenoxy) is 2. The third kappa shape index (κ3) is 4.16. The molecule has 0 aromatic heterocycles. The minimum Gasteiger partial charge on any atom is -0.497 e. The lowest BCUT2D eigenvalue weighted by molar-refractivity contribution is -0.122. The Labute approximate surface area is 179 Å². The monoisotopic (exact) mass is 426 g/mol. The molecule has 4 rings (SSSR count). The summed E-state index contributed by atoms with van der Waals surface area (Å²) in [6, 6.07) is 11.1. The van der Waals surface area contributed by atoms with E-state index in [1.54, 1.807) is 30.3 Å². The summed E-state index contributed by atoms with van der Waals surface area (Å²) >= 11 is 0. The van der Waals surface area contributed by atoms with Crippen molar-refractivity contribution in [3.8, 4) is 5.75 Å². The number of halogens is 1. The maximum atomic E-state index is 14.3. The van der Waals surface area contributed by atoms with Crippen LogP contribution in [0.15, 0.2) is 48.5 Å². The number of anilines is 1. The van der Waals surface area contributed by atoms with Crippen molar-refractivity contribution in [2.45, 2.75) is 31.4 Å². The quantitative estimate of drug-likeness (QED) is 0.664. The molecule has 31 heavy (non-hydrogen) atoms. The molecule has 0 aliphatic carbocycles. The minimum atomic E-state index is -1.02. The van der Waals surface area contributed by atoms with Gasteiger partial charge in [0.15, 0.2) is 0 Å². The molecule has 3 amide bonds. The zero-order valence-corrected chi connectivity index (χ0v) is 17.1. The van der Waals surface area contributed by atoms with Crippen LogP contribution in [0.5, 0.6) is 5.75 Å². The van der Waals surface area contributed by atoms with Crippen molar-refractivity contribution in [1.82, 2.24) is 4.90 Å². The lowest BCUT2D eigenvalue weighted by Crippen LogP contribution is -2.48. The number of carbonyl (C=O) groups excluding carboxylic acids is 3. The van der Waals surface area contributed by atoms with Crippen molar-refractivity contribution in [2.75, 3.05) is 25.2 Å². The third-order valence-electron chi connectivity index (χ3n) is 5.62. The summed E-state index contributed by atoms with van der Waals surface area (Å²) in [4.78, 5) is 41.6. The first-order valence-electron chi connectivity index (χ1n) is 10.2. The van der Waals surface area contributed by atoms with E-state index in [4.69, 9.17) is 9.47 Å². The zero-order chi connectivity index (χ0) is 22.0. The van der Waals surface area contributed by atoms with Gasteiger partial charge in [-0.1, -0.05) is 12.1 Å². The van der Waals surface area contributed by atoms with Crippen LogP contribution in [-0.2, 0) is 14.3 Å². The summed E-state index contributed by atoms with van der Waals surface area (Å²) in [5.74, 6) is -1.64. The van der Waals surface area contributed by atoms with E-state index in [0.717, 1.165) is 17.7 Å². The Balaban J connectivity index is 1.64. The molecule has 2 aliphatic heterocycles. The van der Waals surface area contributed by atoms with Crippen molar-refractivity contribution >= 4 is 23.4 Å². The number of methoxy groups -OCH3 is 1. The summed E-state index contributed by atoms with van der Waals surface area (Å²) in [7, 11) is 1.52. The van der Waals surface area contributed by atoms with E-state index in [2.05, 4.69) is 0 Å². The zero-order valence-electron chi connectivity index (χ0n) is 17.1. The molecule has 2 aromatic carbocycles. The first-order chi connectivity index (χ1) is 15.0. The van der Waals surface area contributed by atoms with Crippen molar-refractivity contribution < 1.29 is 28.2 Å². The van der Waals surface area contributed by atoms with Gasteiger partial charge >= 0.3 is 0 Å². The second-order valence-corrected chi connectivity index (χ2v) is 7.56. The lowest BCUT2D eigenvalue weighted by Gasteiger charge is -2.30. The Bertz CT molecular complexity index is 988. The van der Waals surface area contributed by atoms with Crippen LogP contribution in [0.4, 0.5) is 10.1 Å². The summed E-state index contributed by atoms with van der Waals surface area (Å²) in [5.41, 5.74) is 0.261. The number of hydrogen-bond donors (Lipinski definition) is 0. The number of nitrogens with zero attached hydrogens (tertiary/aromatic N) is 2. The standard InChI is InChI=1S/C23H23FN2O5/c1-30-16-10-8-15(9-11-16)26-21(27)13-20(23(26)29)25(14-17-5-4-12-31-17)22(28)18-6-2-3-7-19(18)24/h2-3,6-11,17,20H,4-5,12-14H2,1H3. The van der Waals surface area contributed by atoms with Gasteiger partial charge in [0.1, 0.15) is 17.6 Å². The number of amides is 3. The third-order valence-corrected chi connectivity index (χ3v) is 5.62. The Morgan fingerprint density at radius 3 is 2.58 bits per heavy atom. The number of hydrogen-bond acceptors (Lipinski definition) is 5. The molecule has 0 radical (unpaired) electrons. The van der Waals surface area contributed by atoms with Crippen molar-refractivity contribution in [1.29, 1.82) is 0 Å². The SMILES string of the molecule is COc1ccc(N2C(=O)CC(N(CC3CCCO3)C(=O)c3ccccc3F)C2=O)cc1. The minimum absolute atomic E-state index is 0.118. The average Bonchev–Trinajstić information content (AvgIpc) is 3.39. The van der Waals surface area contributed by atoms with E-state index in [-0.39, 0.29) is 24.6 Å². The van der Waals surface area contributed by atoms with E-state index in [1.807, 2.05) is 0 Å². The second-order valence-electron chi connectivity index (χ2n) is 7.56. The van der Waals surface area contributed by atoms with Crippen LogP contribution in [0, 0.1) is 5.82 Å². The molecule has 2 heterocycles. The highest BCUT2D eigenvalue weighted by Crippen LogP contribution is 2.29. The average molecular weight is 426 g/mol. The second kappa shape index (κ2) is 8.85. The fourth-order valence-electron chi connectivity index (χ4n) is 4.01. The van der Waals surface area contributed by atoms with Crippen molar-refractivity contribution in [3.63, 3.8) is 0 Å². The smallest absolute Gasteiger partial charge is 0.257 e. The molecule has 0 saturated carbocycles. The van der Waals surface area contributed by atoms with Crippen LogP contribution in [0.1, 0.15) is 29.6 Å². The normalized spacial score (nSPS) is 20.9. The van der Waals surface area contributed by atoms with E-state index in [0.29, 0.717) is 18.0 Å². The molecule has 2 fully saturated rings. The highest BCUT2D eigenvalue weighted by atomic mass is 19.1. The van der Waals surface area contributed by atoms with Gasteiger partial charge < -0.3 is 14.4 Å². The molecule has 2 unspecified atom stereocenters. The molecule has 0 N–H and O–H groups in total. The molecule has 2 atom stereocenters. The highest BCUT2D eigenvalue weighted by molar-refractivity contribution is 6.23. The van der Waals surface area contributed by atoms with Crippen LogP contribution in [-0.4, -0.2) is 55.0 Å². The van der Waals surface area contributed by atoms with Crippen LogP contribution in [0.3, 0.4) is 0 Å². The van der Waals surface area contributed by atoms with E-state index in [1.165, 1.54) is 30.2 Å². The summed E-state index contributed by atoms with van der Waals surface area (Å²) in [5, 5.41) is 0. The Kier molecular flexibility index (Phi) is 5.99. The molecule has 2 saturated heterocycles. The molecule has 2 aromatic rings. The van der Waals surface area contributed by atoms with Crippen LogP contribution < -0.4 is 9.64 Å². The van der Waals surface area contributed by atoms with Gasteiger partial charge in [-0.25, -0.2) is 9.29 Å². The fourth-order valence-corrected chi connectivity index (χ4v) is 4.01. The molecule has 2 aliphatic rings. The molecule has 8 heteroatoms. The maximum absolute atomic E-state index is 14.3. The van der Waals surface area contributed by atoms with Gasteiger partial charge in [0.05, 0.1) is 30.9 Å². The van der Waals surface area contributed by atoms with Crippen molar-refractivity contribution in [3.05, 3.63) is 59.9 Å². The van der Waals surface area contributed by atoms with Gasteiger partial charge in [0, 0.05) is 13.2 Å². The van der Waals surface area contributed by atoms with E-state index in [9.17, 15) is 18.8 Å². The van der Waals surface area contributed by atoms with E-state index >= 15 is 0 Å².